The van der Waals surface area contributed by atoms with Crippen LogP contribution >= 0.6 is 11.8 Å². The summed E-state index contributed by atoms with van der Waals surface area (Å²) >= 11 is 1.34. The van der Waals surface area contributed by atoms with E-state index in [0.717, 1.165) is 15.9 Å². The van der Waals surface area contributed by atoms with E-state index in [1.165, 1.54) is 30.1 Å². The maximum Gasteiger partial charge on any atom is 0.250 e. The first-order valence-corrected chi connectivity index (χ1v) is 8.25. The predicted octanol–water partition coefficient (Wildman–Crippen LogP) is 3.62. The fourth-order valence-electron chi connectivity index (χ4n) is 2.03. The average molecular weight is 339 g/mol. The molecule has 4 nitrogen and oxygen atoms in total. The maximum atomic E-state index is 12.8. The predicted molar refractivity (Wildman–Crippen MR) is 94.6 cm³/mol. The van der Waals surface area contributed by atoms with Gasteiger partial charge in [0.15, 0.2) is 0 Å². The Balaban J connectivity index is 1.52. The third kappa shape index (κ3) is 4.39. The number of amides is 1. The molecule has 24 heavy (non-hydrogen) atoms. The topological polar surface area (TPSA) is 54.4 Å². The van der Waals surface area contributed by atoms with Gasteiger partial charge in [0, 0.05) is 5.39 Å². The smallest absolute Gasteiger partial charge is 0.250 e. The number of carbonyl (C=O) groups excluding carboxylic acids is 1. The molecule has 3 rings (SSSR count). The summed E-state index contributed by atoms with van der Waals surface area (Å²) in [4.78, 5) is 16.3. The standard InChI is InChI=1S/C18H14FN3OS/c19-15-8-5-13(6-9-15)11-20-22-17(23)12-24-18-10-7-14-3-1-2-4-16(14)21-18/h1-11H,12H2,(H,22,23)/b20-11+. The Morgan fingerprint density at radius 3 is 2.75 bits per heavy atom. The van der Waals surface area contributed by atoms with Crippen LogP contribution in [-0.2, 0) is 4.79 Å². The van der Waals surface area contributed by atoms with Crippen LogP contribution < -0.4 is 5.43 Å². The van der Waals surface area contributed by atoms with E-state index in [0.29, 0.717) is 5.56 Å². The first-order valence-electron chi connectivity index (χ1n) is 7.27. The molecule has 1 heterocycles. The quantitative estimate of drug-likeness (QED) is 0.439. The van der Waals surface area contributed by atoms with Crippen molar-refractivity contribution in [2.24, 2.45) is 5.10 Å². The Bertz CT molecular complexity index is 881. The van der Waals surface area contributed by atoms with Gasteiger partial charge in [-0.1, -0.05) is 48.2 Å². The minimum absolute atomic E-state index is 0.214. The molecule has 0 aliphatic heterocycles. The van der Waals surface area contributed by atoms with Gasteiger partial charge in [0.1, 0.15) is 5.82 Å². The van der Waals surface area contributed by atoms with Crippen molar-refractivity contribution in [1.82, 2.24) is 10.4 Å². The molecule has 0 saturated heterocycles. The molecule has 0 saturated carbocycles. The first-order chi connectivity index (χ1) is 11.7. The number of para-hydroxylation sites is 1. The zero-order chi connectivity index (χ0) is 16.8. The van der Waals surface area contributed by atoms with Crippen molar-refractivity contribution in [1.29, 1.82) is 0 Å². The summed E-state index contributed by atoms with van der Waals surface area (Å²) in [5, 5.41) is 5.70. The number of fused-ring (bicyclic) bond motifs is 1. The number of carbonyl (C=O) groups is 1. The lowest BCUT2D eigenvalue weighted by Gasteiger charge is -2.02. The normalized spacial score (nSPS) is 11.0. The Morgan fingerprint density at radius 1 is 1.12 bits per heavy atom. The van der Waals surface area contributed by atoms with Gasteiger partial charge in [0.05, 0.1) is 22.5 Å². The third-order valence-corrected chi connectivity index (χ3v) is 4.13. The molecule has 0 bridgehead atoms. The van der Waals surface area contributed by atoms with E-state index >= 15 is 0 Å². The molecular weight excluding hydrogens is 325 g/mol. The number of nitrogens with zero attached hydrogens (tertiary/aromatic N) is 2. The van der Waals surface area contributed by atoms with E-state index in [4.69, 9.17) is 0 Å². The van der Waals surface area contributed by atoms with Crippen LogP contribution in [0.1, 0.15) is 5.56 Å². The average Bonchev–Trinajstić information content (AvgIpc) is 2.61. The van der Waals surface area contributed by atoms with Gasteiger partial charge in [0.25, 0.3) is 0 Å². The summed E-state index contributed by atoms with van der Waals surface area (Å²) < 4.78 is 12.8. The van der Waals surface area contributed by atoms with Crippen LogP contribution in [0.15, 0.2) is 70.8 Å². The van der Waals surface area contributed by atoms with E-state index in [2.05, 4.69) is 15.5 Å². The fraction of sp³-hybridized carbons (Fsp3) is 0.0556. The number of halogens is 1. The molecule has 1 N–H and O–H groups in total. The Labute approximate surface area is 142 Å². The third-order valence-electron chi connectivity index (χ3n) is 3.20. The minimum Gasteiger partial charge on any atom is -0.272 e. The van der Waals surface area contributed by atoms with Gasteiger partial charge in [-0.3, -0.25) is 4.79 Å². The van der Waals surface area contributed by atoms with Gasteiger partial charge in [-0.2, -0.15) is 5.10 Å². The van der Waals surface area contributed by atoms with Crippen LogP contribution in [0.5, 0.6) is 0 Å². The van der Waals surface area contributed by atoms with E-state index in [9.17, 15) is 9.18 Å². The van der Waals surface area contributed by atoms with Crippen molar-refractivity contribution >= 4 is 34.8 Å². The van der Waals surface area contributed by atoms with Gasteiger partial charge in [-0.05, 0) is 29.8 Å². The molecule has 0 spiro atoms. The molecule has 1 aromatic heterocycles. The zero-order valence-electron chi connectivity index (χ0n) is 12.6. The fourth-order valence-corrected chi connectivity index (χ4v) is 2.70. The summed E-state index contributed by atoms with van der Waals surface area (Å²) in [6.07, 6.45) is 1.47. The number of hydrogen-bond donors (Lipinski definition) is 1. The largest absolute Gasteiger partial charge is 0.272 e. The monoisotopic (exact) mass is 339 g/mol. The molecular formula is C18H14FN3OS. The van der Waals surface area contributed by atoms with Crippen LogP contribution in [0.2, 0.25) is 0 Å². The Kier molecular flexibility index (Phi) is 5.18. The summed E-state index contributed by atoms with van der Waals surface area (Å²) in [5.41, 5.74) is 4.05. The molecule has 0 fully saturated rings. The van der Waals surface area contributed by atoms with Crippen LogP contribution in [-0.4, -0.2) is 22.9 Å². The number of hydrogen-bond acceptors (Lipinski definition) is 4. The van der Waals surface area contributed by atoms with Gasteiger partial charge >= 0.3 is 0 Å². The van der Waals surface area contributed by atoms with E-state index in [1.807, 2.05) is 36.4 Å². The van der Waals surface area contributed by atoms with Crippen molar-refractivity contribution < 1.29 is 9.18 Å². The first kappa shape index (κ1) is 16.1. The van der Waals surface area contributed by atoms with Crippen LogP contribution in [0, 0.1) is 5.82 Å². The van der Waals surface area contributed by atoms with E-state index in [-0.39, 0.29) is 17.5 Å². The molecule has 0 aliphatic rings. The van der Waals surface area contributed by atoms with Gasteiger partial charge in [-0.15, -0.1) is 0 Å². The van der Waals surface area contributed by atoms with Gasteiger partial charge in [-0.25, -0.2) is 14.8 Å². The highest BCUT2D eigenvalue weighted by Crippen LogP contribution is 2.19. The molecule has 3 aromatic rings. The Hall–Kier alpha value is -2.73. The zero-order valence-corrected chi connectivity index (χ0v) is 13.5. The second-order valence-corrected chi connectivity index (χ2v) is 5.97. The summed E-state index contributed by atoms with van der Waals surface area (Å²) in [6, 6.07) is 17.5. The number of benzene rings is 2. The lowest BCUT2D eigenvalue weighted by atomic mass is 10.2. The molecule has 0 unspecified atom stereocenters. The van der Waals surface area contributed by atoms with E-state index < -0.39 is 0 Å². The van der Waals surface area contributed by atoms with Crippen LogP contribution in [0.25, 0.3) is 10.9 Å². The number of hydrazone groups is 1. The number of aromatic nitrogens is 1. The minimum atomic E-state index is -0.310. The molecule has 2 aromatic carbocycles. The molecule has 120 valence electrons. The van der Waals surface area contributed by atoms with Gasteiger partial charge < -0.3 is 0 Å². The van der Waals surface area contributed by atoms with Crippen LogP contribution in [0.4, 0.5) is 4.39 Å². The van der Waals surface area contributed by atoms with Crippen LogP contribution in [0.3, 0.4) is 0 Å². The van der Waals surface area contributed by atoms with Gasteiger partial charge in [0.2, 0.25) is 5.91 Å². The van der Waals surface area contributed by atoms with Crippen molar-refractivity contribution in [3.8, 4) is 0 Å². The summed E-state index contributed by atoms with van der Waals surface area (Å²) in [7, 11) is 0. The lowest BCUT2D eigenvalue weighted by molar-refractivity contribution is -0.118. The Morgan fingerprint density at radius 2 is 1.92 bits per heavy atom. The summed E-state index contributed by atoms with van der Waals surface area (Å²) in [5.74, 6) is -0.324. The van der Waals surface area contributed by atoms with E-state index in [1.54, 1.807) is 12.1 Å². The highest BCUT2D eigenvalue weighted by atomic mass is 32.2. The molecule has 1 amide bonds. The van der Waals surface area contributed by atoms with Crippen molar-refractivity contribution in [3.05, 3.63) is 72.0 Å². The highest BCUT2D eigenvalue weighted by Gasteiger charge is 2.03. The van der Waals surface area contributed by atoms with Crippen molar-refractivity contribution in [2.75, 3.05) is 5.75 Å². The number of pyridine rings is 1. The molecule has 0 atom stereocenters. The second-order valence-electron chi connectivity index (χ2n) is 4.98. The summed E-state index contributed by atoms with van der Waals surface area (Å²) in [6.45, 7) is 0. The van der Waals surface area contributed by atoms with Crippen molar-refractivity contribution in [3.63, 3.8) is 0 Å². The molecule has 0 radical (unpaired) electrons. The molecule has 0 aliphatic carbocycles. The maximum absolute atomic E-state index is 12.8. The number of rotatable bonds is 5. The number of thioether (sulfide) groups is 1. The number of nitrogens with one attached hydrogen (secondary N) is 1. The SMILES string of the molecule is O=C(CSc1ccc2ccccc2n1)N/N=C/c1ccc(F)cc1. The molecule has 6 heteroatoms. The van der Waals surface area contributed by atoms with Crippen molar-refractivity contribution in [2.45, 2.75) is 5.03 Å². The second kappa shape index (κ2) is 7.70. The lowest BCUT2D eigenvalue weighted by Crippen LogP contribution is -2.19. The highest BCUT2D eigenvalue weighted by molar-refractivity contribution is 7.99.